The molecule has 0 radical (unpaired) electrons. The van der Waals surface area contributed by atoms with Crippen molar-refractivity contribution in [3.05, 3.63) is 21.9 Å². The summed E-state index contributed by atoms with van der Waals surface area (Å²) in [4.78, 5) is 11.7. The second kappa shape index (κ2) is 3.47. The molecule has 0 saturated heterocycles. The van der Waals surface area contributed by atoms with Gasteiger partial charge in [-0.05, 0) is 26.0 Å². The monoisotopic (exact) mass is 200 g/mol. The molecular formula is C9H12O3S. The van der Waals surface area contributed by atoms with E-state index < -0.39 is 11.6 Å². The second-order valence-corrected chi connectivity index (χ2v) is 4.73. The molecule has 0 aliphatic rings. The molecule has 0 aliphatic heterocycles. The van der Waals surface area contributed by atoms with Gasteiger partial charge in [-0.25, -0.2) is 4.79 Å². The van der Waals surface area contributed by atoms with Gasteiger partial charge >= 0.3 is 5.97 Å². The van der Waals surface area contributed by atoms with E-state index in [1.54, 1.807) is 26.0 Å². The third kappa shape index (κ3) is 3.16. The molecule has 1 heterocycles. The lowest BCUT2D eigenvalue weighted by atomic mass is 10.1. The van der Waals surface area contributed by atoms with Crippen LogP contribution in [0.5, 0.6) is 0 Å². The molecule has 1 aromatic rings. The summed E-state index contributed by atoms with van der Waals surface area (Å²) in [6.07, 6.45) is 0.491. The molecule has 0 aliphatic carbocycles. The molecule has 1 rings (SSSR count). The van der Waals surface area contributed by atoms with Crippen LogP contribution in [0.2, 0.25) is 0 Å². The van der Waals surface area contributed by atoms with Crippen LogP contribution in [0.3, 0.4) is 0 Å². The Morgan fingerprint density at radius 2 is 2.15 bits per heavy atom. The van der Waals surface area contributed by atoms with E-state index in [-0.39, 0.29) is 0 Å². The van der Waals surface area contributed by atoms with Gasteiger partial charge in [-0.2, -0.15) is 0 Å². The Balaban J connectivity index is 2.75. The number of carboxylic acids is 1. The van der Waals surface area contributed by atoms with Crippen LogP contribution >= 0.6 is 11.3 Å². The molecule has 0 fully saturated rings. The van der Waals surface area contributed by atoms with E-state index in [2.05, 4.69) is 0 Å². The van der Waals surface area contributed by atoms with Crippen LogP contribution in [0.1, 0.15) is 28.4 Å². The Labute approximate surface area is 80.6 Å². The minimum atomic E-state index is -0.910. The van der Waals surface area contributed by atoms with Crippen LogP contribution < -0.4 is 0 Å². The fourth-order valence-electron chi connectivity index (χ4n) is 1.01. The van der Waals surface area contributed by atoms with E-state index in [9.17, 15) is 9.90 Å². The first-order valence-corrected chi connectivity index (χ1v) is 4.74. The number of aromatic carboxylic acids is 1. The quantitative estimate of drug-likeness (QED) is 0.781. The summed E-state index contributed by atoms with van der Waals surface area (Å²) in [6, 6.07) is 3.31. The summed E-state index contributed by atoms with van der Waals surface area (Å²) in [5, 5.41) is 18.1. The van der Waals surface area contributed by atoms with E-state index in [1.165, 1.54) is 11.3 Å². The van der Waals surface area contributed by atoms with Gasteiger partial charge in [0.1, 0.15) is 4.88 Å². The number of aliphatic hydroxyl groups is 1. The van der Waals surface area contributed by atoms with Crippen molar-refractivity contribution in [1.82, 2.24) is 0 Å². The summed E-state index contributed by atoms with van der Waals surface area (Å²) < 4.78 is 0. The normalized spacial score (nSPS) is 11.6. The van der Waals surface area contributed by atoms with Gasteiger partial charge in [0, 0.05) is 11.3 Å². The summed E-state index contributed by atoms with van der Waals surface area (Å²) >= 11 is 1.21. The number of carboxylic acid groups (broad SMARTS) is 1. The Kier molecular flexibility index (Phi) is 2.73. The first kappa shape index (κ1) is 10.2. The van der Waals surface area contributed by atoms with E-state index >= 15 is 0 Å². The maximum atomic E-state index is 10.5. The zero-order valence-corrected chi connectivity index (χ0v) is 8.39. The molecule has 72 valence electrons. The lowest BCUT2D eigenvalue weighted by Crippen LogP contribution is -2.21. The molecule has 0 atom stereocenters. The fourth-order valence-corrected chi connectivity index (χ4v) is 2.08. The second-order valence-electron chi connectivity index (χ2n) is 3.56. The molecule has 1 aromatic heterocycles. The van der Waals surface area contributed by atoms with Gasteiger partial charge in [-0.15, -0.1) is 11.3 Å². The van der Waals surface area contributed by atoms with Crippen LogP contribution in [-0.2, 0) is 6.42 Å². The molecule has 0 saturated carbocycles. The zero-order chi connectivity index (χ0) is 10.1. The van der Waals surface area contributed by atoms with Crippen LogP contribution in [-0.4, -0.2) is 21.8 Å². The lowest BCUT2D eigenvalue weighted by Gasteiger charge is -2.14. The van der Waals surface area contributed by atoms with Crippen molar-refractivity contribution >= 4 is 17.3 Å². The van der Waals surface area contributed by atoms with Gasteiger partial charge in [0.05, 0.1) is 5.60 Å². The predicted octanol–water partition coefficient (Wildman–Crippen LogP) is 1.76. The molecule has 0 unspecified atom stereocenters. The molecule has 2 N–H and O–H groups in total. The van der Waals surface area contributed by atoms with Crippen molar-refractivity contribution in [3.63, 3.8) is 0 Å². The summed E-state index contributed by atoms with van der Waals surface area (Å²) in [5.41, 5.74) is -0.777. The van der Waals surface area contributed by atoms with E-state index in [1.807, 2.05) is 0 Å². The Hall–Kier alpha value is -0.870. The van der Waals surface area contributed by atoms with Crippen molar-refractivity contribution in [2.75, 3.05) is 0 Å². The SMILES string of the molecule is CC(C)(O)Cc1ccc(C(=O)O)s1. The average molecular weight is 200 g/mol. The highest BCUT2D eigenvalue weighted by molar-refractivity contribution is 7.13. The standard InChI is InChI=1S/C9H12O3S/c1-9(2,12)5-6-3-4-7(13-6)8(10)11/h3-4,12H,5H2,1-2H3,(H,10,11). The molecule has 0 spiro atoms. The van der Waals surface area contributed by atoms with Crippen molar-refractivity contribution in [2.45, 2.75) is 25.9 Å². The Morgan fingerprint density at radius 1 is 1.54 bits per heavy atom. The van der Waals surface area contributed by atoms with Gasteiger partial charge in [-0.1, -0.05) is 0 Å². The first-order valence-electron chi connectivity index (χ1n) is 3.93. The third-order valence-electron chi connectivity index (χ3n) is 1.48. The van der Waals surface area contributed by atoms with Crippen molar-refractivity contribution in [3.8, 4) is 0 Å². The number of rotatable bonds is 3. The van der Waals surface area contributed by atoms with Crippen LogP contribution in [0.4, 0.5) is 0 Å². The van der Waals surface area contributed by atoms with E-state index in [4.69, 9.17) is 5.11 Å². The van der Waals surface area contributed by atoms with Crippen LogP contribution in [0.15, 0.2) is 12.1 Å². The molecule has 4 heteroatoms. The largest absolute Gasteiger partial charge is 0.477 e. The number of hydrogen-bond donors (Lipinski definition) is 2. The van der Waals surface area contributed by atoms with Crippen molar-refractivity contribution in [1.29, 1.82) is 0 Å². The minimum Gasteiger partial charge on any atom is -0.477 e. The molecule has 0 bridgehead atoms. The summed E-state index contributed by atoms with van der Waals surface area (Å²) in [6.45, 7) is 3.40. The van der Waals surface area contributed by atoms with Gasteiger partial charge < -0.3 is 10.2 Å². The minimum absolute atomic E-state index is 0.319. The topological polar surface area (TPSA) is 57.5 Å². The fraction of sp³-hybridized carbons (Fsp3) is 0.444. The third-order valence-corrected chi connectivity index (χ3v) is 2.55. The molecule has 0 aromatic carbocycles. The van der Waals surface area contributed by atoms with Gasteiger partial charge in [0.25, 0.3) is 0 Å². The van der Waals surface area contributed by atoms with Gasteiger partial charge in [0.15, 0.2) is 0 Å². The Bertz CT molecular complexity index is 309. The number of hydrogen-bond acceptors (Lipinski definition) is 3. The van der Waals surface area contributed by atoms with E-state index in [0.717, 1.165) is 4.88 Å². The van der Waals surface area contributed by atoms with Gasteiger partial charge in [-0.3, -0.25) is 0 Å². The molecule has 3 nitrogen and oxygen atoms in total. The van der Waals surface area contributed by atoms with Gasteiger partial charge in [0.2, 0.25) is 0 Å². The number of carbonyl (C=O) groups is 1. The smallest absolute Gasteiger partial charge is 0.345 e. The summed E-state index contributed by atoms with van der Waals surface area (Å²) in [5.74, 6) is -0.910. The maximum Gasteiger partial charge on any atom is 0.345 e. The Morgan fingerprint density at radius 3 is 2.54 bits per heavy atom. The summed E-state index contributed by atoms with van der Waals surface area (Å²) in [7, 11) is 0. The highest BCUT2D eigenvalue weighted by Gasteiger charge is 2.16. The molecular weight excluding hydrogens is 188 g/mol. The lowest BCUT2D eigenvalue weighted by molar-refractivity contribution is 0.0701. The maximum absolute atomic E-state index is 10.5. The van der Waals surface area contributed by atoms with Crippen molar-refractivity contribution in [2.24, 2.45) is 0 Å². The highest BCUT2D eigenvalue weighted by atomic mass is 32.1. The predicted molar refractivity (Wildman–Crippen MR) is 51.3 cm³/mol. The number of thiophene rings is 1. The van der Waals surface area contributed by atoms with Crippen molar-refractivity contribution < 1.29 is 15.0 Å². The van der Waals surface area contributed by atoms with Crippen LogP contribution in [0.25, 0.3) is 0 Å². The zero-order valence-electron chi connectivity index (χ0n) is 7.57. The highest BCUT2D eigenvalue weighted by Crippen LogP contribution is 2.21. The first-order chi connectivity index (χ1) is 5.88. The molecule has 13 heavy (non-hydrogen) atoms. The average Bonchev–Trinajstić information content (AvgIpc) is 2.31. The van der Waals surface area contributed by atoms with E-state index in [0.29, 0.717) is 11.3 Å². The molecule has 0 amide bonds. The van der Waals surface area contributed by atoms with Crippen LogP contribution in [0, 0.1) is 0 Å².